The monoisotopic (exact) mass is 278 g/mol. The maximum absolute atomic E-state index is 12.9. The van der Waals surface area contributed by atoms with Crippen molar-refractivity contribution in [2.45, 2.75) is 38.7 Å². The van der Waals surface area contributed by atoms with Crippen LogP contribution in [0.15, 0.2) is 18.2 Å². The minimum Gasteiger partial charge on any atom is -0.358 e. The molecule has 1 atom stereocenters. The molecule has 0 bridgehead atoms. The molecule has 4 heteroatoms. The molecule has 0 radical (unpaired) electrons. The number of benzene rings is 1. The third-order valence-electron chi connectivity index (χ3n) is 4.51. The van der Waals surface area contributed by atoms with Crippen molar-refractivity contribution in [2.75, 3.05) is 13.6 Å². The van der Waals surface area contributed by atoms with E-state index in [0.29, 0.717) is 6.04 Å². The van der Waals surface area contributed by atoms with Crippen LogP contribution in [0.2, 0.25) is 0 Å². The van der Waals surface area contributed by atoms with Crippen molar-refractivity contribution in [3.63, 3.8) is 0 Å². The zero-order valence-electron chi connectivity index (χ0n) is 11.9. The number of halogens is 2. The van der Waals surface area contributed by atoms with Crippen molar-refractivity contribution in [2.24, 2.45) is 0 Å². The van der Waals surface area contributed by atoms with E-state index in [4.69, 9.17) is 0 Å². The Hall–Kier alpha value is -1.42. The maximum atomic E-state index is 12.9. The van der Waals surface area contributed by atoms with E-state index in [2.05, 4.69) is 16.9 Å². The molecular weight excluding hydrogens is 258 g/mol. The number of fused-ring (bicyclic) bond motifs is 1. The summed E-state index contributed by atoms with van der Waals surface area (Å²) in [6.45, 7) is 3.17. The first kappa shape index (κ1) is 13.6. The van der Waals surface area contributed by atoms with Gasteiger partial charge in [0.25, 0.3) is 6.43 Å². The van der Waals surface area contributed by atoms with Crippen molar-refractivity contribution in [1.29, 1.82) is 0 Å². The summed E-state index contributed by atoms with van der Waals surface area (Å²) in [6, 6.07) is 5.45. The lowest BCUT2D eigenvalue weighted by atomic mass is 10.00. The van der Waals surface area contributed by atoms with E-state index >= 15 is 0 Å². The number of likely N-dealkylation sites (N-methyl/N-ethyl adjacent to an activating group) is 1. The van der Waals surface area contributed by atoms with E-state index in [-0.39, 0.29) is 5.56 Å². The third-order valence-corrected chi connectivity index (χ3v) is 4.51. The first-order chi connectivity index (χ1) is 9.56. The average Bonchev–Trinajstić information content (AvgIpc) is 2.94. The highest BCUT2D eigenvalue weighted by Crippen LogP contribution is 2.30. The topological polar surface area (TPSA) is 19.0 Å². The number of aromatic nitrogens is 1. The Balaban J connectivity index is 2.00. The van der Waals surface area contributed by atoms with Gasteiger partial charge in [0.15, 0.2) is 0 Å². The number of aromatic amines is 1. The zero-order chi connectivity index (χ0) is 14.3. The van der Waals surface area contributed by atoms with Crippen molar-refractivity contribution in [3.05, 3.63) is 35.0 Å². The summed E-state index contributed by atoms with van der Waals surface area (Å²) < 4.78 is 25.8. The highest BCUT2D eigenvalue weighted by atomic mass is 19.3. The minimum atomic E-state index is -2.41. The first-order valence-corrected chi connectivity index (χ1v) is 7.15. The van der Waals surface area contributed by atoms with Gasteiger partial charge in [0.1, 0.15) is 0 Å². The van der Waals surface area contributed by atoms with Crippen LogP contribution in [0.4, 0.5) is 8.78 Å². The van der Waals surface area contributed by atoms with Gasteiger partial charge >= 0.3 is 0 Å². The van der Waals surface area contributed by atoms with Crippen LogP contribution in [0.25, 0.3) is 10.9 Å². The van der Waals surface area contributed by atoms with E-state index in [1.165, 1.54) is 24.5 Å². The molecular formula is C16H20F2N2. The van der Waals surface area contributed by atoms with Gasteiger partial charge in [0, 0.05) is 28.2 Å². The van der Waals surface area contributed by atoms with Gasteiger partial charge in [-0.25, -0.2) is 8.78 Å². The Kier molecular flexibility index (Phi) is 3.50. The van der Waals surface area contributed by atoms with Crippen LogP contribution < -0.4 is 0 Å². The fraction of sp³-hybridized carbons (Fsp3) is 0.500. The molecule has 2 heterocycles. The van der Waals surface area contributed by atoms with Gasteiger partial charge in [-0.2, -0.15) is 0 Å². The number of rotatable bonds is 3. The molecule has 108 valence electrons. The molecule has 1 fully saturated rings. The summed E-state index contributed by atoms with van der Waals surface area (Å²) >= 11 is 0. The first-order valence-electron chi connectivity index (χ1n) is 7.15. The molecule has 1 aromatic carbocycles. The van der Waals surface area contributed by atoms with Gasteiger partial charge in [-0.15, -0.1) is 0 Å². The van der Waals surface area contributed by atoms with E-state index in [0.717, 1.165) is 29.6 Å². The molecule has 0 saturated carbocycles. The Morgan fingerprint density at radius 1 is 1.40 bits per heavy atom. The SMILES string of the molecule is Cc1[nH]c2ccc(C(F)F)cc2c1C[C@H]1CCCN1C. The van der Waals surface area contributed by atoms with E-state index in [1.807, 2.05) is 6.92 Å². The number of nitrogens with zero attached hydrogens (tertiary/aromatic N) is 1. The summed E-state index contributed by atoms with van der Waals surface area (Å²) in [5.74, 6) is 0. The largest absolute Gasteiger partial charge is 0.358 e. The van der Waals surface area contributed by atoms with Gasteiger partial charge < -0.3 is 9.88 Å². The molecule has 1 N–H and O–H groups in total. The number of likely N-dealkylation sites (tertiary alicyclic amines) is 1. The smallest absolute Gasteiger partial charge is 0.263 e. The van der Waals surface area contributed by atoms with Crippen LogP contribution in [0.3, 0.4) is 0 Å². The van der Waals surface area contributed by atoms with Crippen LogP contribution in [0, 0.1) is 6.92 Å². The van der Waals surface area contributed by atoms with Gasteiger partial charge in [-0.3, -0.25) is 0 Å². The summed E-state index contributed by atoms with van der Waals surface area (Å²) in [6.07, 6.45) is 0.952. The predicted molar refractivity (Wildman–Crippen MR) is 77.3 cm³/mol. The lowest BCUT2D eigenvalue weighted by molar-refractivity contribution is 0.151. The maximum Gasteiger partial charge on any atom is 0.263 e. The van der Waals surface area contributed by atoms with Crippen LogP contribution in [0.5, 0.6) is 0 Å². The molecule has 0 unspecified atom stereocenters. The van der Waals surface area contributed by atoms with Gasteiger partial charge in [0.05, 0.1) is 0 Å². The number of nitrogens with one attached hydrogen (secondary N) is 1. The molecule has 0 amide bonds. The summed E-state index contributed by atoms with van der Waals surface area (Å²) in [4.78, 5) is 5.69. The fourth-order valence-corrected chi connectivity index (χ4v) is 3.27. The molecule has 1 aliphatic rings. The van der Waals surface area contributed by atoms with Crippen LogP contribution in [-0.4, -0.2) is 29.5 Å². The Morgan fingerprint density at radius 3 is 2.85 bits per heavy atom. The Labute approximate surface area is 117 Å². The molecule has 0 spiro atoms. The average molecular weight is 278 g/mol. The number of hydrogen-bond donors (Lipinski definition) is 1. The Bertz CT molecular complexity index is 618. The highest BCUT2D eigenvalue weighted by Gasteiger charge is 2.23. The number of hydrogen-bond acceptors (Lipinski definition) is 1. The third kappa shape index (κ3) is 2.33. The summed E-state index contributed by atoms with van der Waals surface area (Å²) in [5, 5.41) is 0.959. The quantitative estimate of drug-likeness (QED) is 0.897. The summed E-state index contributed by atoms with van der Waals surface area (Å²) in [5.41, 5.74) is 3.37. The predicted octanol–water partition coefficient (Wildman–Crippen LogP) is 4.05. The molecule has 3 rings (SSSR count). The molecule has 1 aromatic heterocycles. The van der Waals surface area contributed by atoms with Crippen LogP contribution in [0.1, 0.15) is 36.1 Å². The van der Waals surface area contributed by atoms with Gasteiger partial charge in [-0.05, 0) is 57.5 Å². The second-order valence-corrected chi connectivity index (χ2v) is 5.82. The van der Waals surface area contributed by atoms with Crippen molar-refractivity contribution in [3.8, 4) is 0 Å². The normalized spacial score (nSPS) is 20.4. The minimum absolute atomic E-state index is 0.109. The lowest BCUT2D eigenvalue weighted by Gasteiger charge is -2.19. The number of H-pyrrole nitrogens is 1. The molecule has 1 aliphatic heterocycles. The number of aryl methyl sites for hydroxylation is 1. The van der Waals surface area contributed by atoms with E-state index < -0.39 is 6.43 Å². The molecule has 1 saturated heterocycles. The van der Waals surface area contributed by atoms with Crippen molar-refractivity contribution < 1.29 is 8.78 Å². The fourth-order valence-electron chi connectivity index (χ4n) is 3.27. The van der Waals surface area contributed by atoms with Crippen LogP contribution >= 0.6 is 0 Å². The van der Waals surface area contributed by atoms with Crippen molar-refractivity contribution >= 4 is 10.9 Å². The van der Waals surface area contributed by atoms with Gasteiger partial charge in [-0.1, -0.05) is 6.07 Å². The Morgan fingerprint density at radius 2 is 2.20 bits per heavy atom. The lowest BCUT2D eigenvalue weighted by Crippen LogP contribution is -2.26. The van der Waals surface area contributed by atoms with Crippen molar-refractivity contribution in [1.82, 2.24) is 9.88 Å². The van der Waals surface area contributed by atoms with Gasteiger partial charge in [0.2, 0.25) is 0 Å². The van der Waals surface area contributed by atoms with Crippen LogP contribution in [-0.2, 0) is 6.42 Å². The zero-order valence-corrected chi connectivity index (χ0v) is 11.9. The molecule has 2 aromatic rings. The molecule has 0 aliphatic carbocycles. The second kappa shape index (κ2) is 5.17. The second-order valence-electron chi connectivity index (χ2n) is 5.82. The summed E-state index contributed by atoms with van der Waals surface area (Å²) in [7, 11) is 2.15. The van der Waals surface area contributed by atoms with E-state index in [9.17, 15) is 8.78 Å². The molecule has 20 heavy (non-hydrogen) atoms. The van der Waals surface area contributed by atoms with E-state index in [1.54, 1.807) is 12.1 Å². The number of alkyl halides is 2. The molecule has 2 nitrogen and oxygen atoms in total. The highest BCUT2D eigenvalue weighted by molar-refractivity contribution is 5.85. The standard InChI is InChI=1S/C16H20F2N2/c1-10-13(9-12-4-3-7-20(12)2)14-8-11(16(17)18)5-6-15(14)19-10/h5-6,8,12,16,19H,3-4,7,9H2,1-2H3/t12-/m1/s1.